The molecule has 0 aliphatic carbocycles. The Morgan fingerprint density at radius 1 is 0.842 bits per heavy atom. The third-order valence-corrected chi connectivity index (χ3v) is 6.36. The highest BCUT2D eigenvalue weighted by atomic mass is 32.2. The molecule has 0 atom stereocenters. The molecule has 9 nitrogen and oxygen atoms in total. The van der Waals surface area contributed by atoms with Gasteiger partial charge in [0.2, 0.25) is 5.17 Å². The van der Waals surface area contributed by atoms with E-state index >= 15 is 0 Å². The number of carbonyl (C=O) groups is 1. The van der Waals surface area contributed by atoms with E-state index in [-0.39, 0.29) is 18.0 Å². The molecular weight excluding hydrogens is 504 g/mol. The van der Waals surface area contributed by atoms with Crippen LogP contribution in [0.3, 0.4) is 0 Å². The Labute approximate surface area is 223 Å². The number of hydrazone groups is 1. The molecular formula is C28H24N4O5S. The molecule has 0 bridgehead atoms. The Balaban J connectivity index is 1.16. The van der Waals surface area contributed by atoms with E-state index in [2.05, 4.69) is 10.1 Å². The van der Waals surface area contributed by atoms with Crippen LogP contribution in [0.15, 0.2) is 94.5 Å². The molecule has 1 amide bonds. The average molecular weight is 529 g/mol. The summed E-state index contributed by atoms with van der Waals surface area (Å²) in [6, 6.07) is 23.9. The molecule has 5 rings (SSSR count). The number of nitrogens with zero attached hydrogens (tertiary/aromatic N) is 3. The first-order chi connectivity index (χ1) is 18.6. The van der Waals surface area contributed by atoms with Crippen molar-refractivity contribution in [2.75, 3.05) is 26.9 Å². The van der Waals surface area contributed by atoms with E-state index in [0.29, 0.717) is 34.9 Å². The van der Waals surface area contributed by atoms with Crippen LogP contribution < -0.4 is 18.9 Å². The van der Waals surface area contributed by atoms with Gasteiger partial charge in [0.05, 0.1) is 12.7 Å². The minimum absolute atomic E-state index is 0.0294. The Morgan fingerprint density at radius 3 is 2.11 bits per heavy atom. The van der Waals surface area contributed by atoms with Gasteiger partial charge < -0.3 is 18.9 Å². The quantitative estimate of drug-likeness (QED) is 0.296. The lowest BCUT2D eigenvalue weighted by atomic mass is 10.1. The standard InChI is InChI=1S/C28H24N4O5S/c1-34-20-11-13-23(14-12-20)36-16-15-35-22-9-7-19(8-10-22)17-24-26(29)32-28(30-27(24)33)38-25(31-32)18-37-21-5-3-2-4-6-21/h2-14,17,29H,15-16,18H2,1H3/b24-17+,29-26?. The Bertz CT molecular complexity index is 1400. The predicted molar refractivity (Wildman–Crippen MR) is 147 cm³/mol. The summed E-state index contributed by atoms with van der Waals surface area (Å²) in [4.78, 5) is 16.8. The van der Waals surface area contributed by atoms with Crippen molar-refractivity contribution in [3.8, 4) is 23.0 Å². The fourth-order valence-corrected chi connectivity index (χ4v) is 4.37. The molecule has 38 heavy (non-hydrogen) atoms. The van der Waals surface area contributed by atoms with E-state index in [1.165, 1.54) is 16.8 Å². The summed E-state index contributed by atoms with van der Waals surface area (Å²) in [7, 11) is 1.62. The number of fused-ring (bicyclic) bond motifs is 1. The number of hydrogen-bond acceptors (Lipinski definition) is 8. The minimum atomic E-state index is -0.481. The monoisotopic (exact) mass is 528 g/mol. The highest BCUT2D eigenvalue weighted by Crippen LogP contribution is 2.29. The summed E-state index contributed by atoms with van der Waals surface area (Å²) < 4.78 is 22.3. The van der Waals surface area contributed by atoms with Crippen LogP contribution in [0.4, 0.5) is 0 Å². The van der Waals surface area contributed by atoms with Crippen molar-refractivity contribution < 1.29 is 23.7 Å². The highest BCUT2D eigenvalue weighted by Gasteiger charge is 2.35. The van der Waals surface area contributed by atoms with Crippen molar-refractivity contribution in [2.24, 2.45) is 10.1 Å². The van der Waals surface area contributed by atoms with Crippen LogP contribution in [-0.4, -0.2) is 53.9 Å². The lowest BCUT2D eigenvalue weighted by Gasteiger charge is -2.20. The molecule has 3 aromatic carbocycles. The van der Waals surface area contributed by atoms with Crippen LogP contribution in [0.25, 0.3) is 6.08 Å². The van der Waals surface area contributed by atoms with E-state index < -0.39 is 5.91 Å². The summed E-state index contributed by atoms with van der Waals surface area (Å²) in [6.45, 7) is 0.974. The van der Waals surface area contributed by atoms with Gasteiger partial charge in [-0.1, -0.05) is 30.3 Å². The Hall–Kier alpha value is -4.57. The number of aliphatic imine (C=N–C) groups is 1. The van der Waals surface area contributed by atoms with Gasteiger partial charge in [0.25, 0.3) is 5.91 Å². The molecule has 0 saturated heterocycles. The molecule has 0 aromatic heterocycles. The number of amides is 1. The number of amidine groups is 2. The molecule has 0 unspecified atom stereocenters. The molecule has 0 spiro atoms. The van der Waals surface area contributed by atoms with E-state index in [1.54, 1.807) is 25.3 Å². The number of thioether (sulfide) groups is 1. The lowest BCUT2D eigenvalue weighted by molar-refractivity contribution is -0.114. The Morgan fingerprint density at radius 2 is 1.45 bits per heavy atom. The van der Waals surface area contributed by atoms with Crippen molar-refractivity contribution in [3.63, 3.8) is 0 Å². The second kappa shape index (κ2) is 11.7. The van der Waals surface area contributed by atoms with E-state index in [1.807, 2.05) is 66.7 Å². The molecule has 0 saturated carbocycles. The third-order valence-electron chi connectivity index (χ3n) is 5.47. The van der Waals surface area contributed by atoms with E-state index in [9.17, 15) is 4.79 Å². The molecule has 0 fully saturated rings. The van der Waals surface area contributed by atoms with Gasteiger partial charge in [-0.25, -0.2) is 0 Å². The van der Waals surface area contributed by atoms with Crippen LogP contribution in [0, 0.1) is 5.41 Å². The lowest BCUT2D eigenvalue weighted by Crippen LogP contribution is -2.35. The number of carbonyl (C=O) groups excluding carboxylic acids is 1. The second-order valence-corrected chi connectivity index (χ2v) is 9.10. The predicted octanol–water partition coefficient (Wildman–Crippen LogP) is 4.85. The first kappa shape index (κ1) is 25.1. The molecule has 10 heteroatoms. The molecule has 0 radical (unpaired) electrons. The maximum absolute atomic E-state index is 12.7. The van der Waals surface area contributed by atoms with Gasteiger partial charge in [-0.05, 0) is 71.9 Å². The van der Waals surface area contributed by atoms with Crippen LogP contribution >= 0.6 is 11.8 Å². The van der Waals surface area contributed by atoms with Gasteiger partial charge >= 0.3 is 0 Å². The number of ether oxygens (including phenoxy) is 4. The first-order valence-electron chi connectivity index (χ1n) is 11.8. The van der Waals surface area contributed by atoms with Crippen molar-refractivity contribution in [1.82, 2.24) is 5.01 Å². The summed E-state index contributed by atoms with van der Waals surface area (Å²) in [5.41, 5.74) is 0.895. The van der Waals surface area contributed by atoms with Crippen LogP contribution in [0.2, 0.25) is 0 Å². The first-order valence-corrected chi connectivity index (χ1v) is 12.6. The number of nitrogens with one attached hydrogen (secondary N) is 1. The molecule has 2 aliphatic rings. The van der Waals surface area contributed by atoms with Crippen LogP contribution in [0.1, 0.15) is 5.56 Å². The molecule has 3 aromatic rings. The molecule has 2 aliphatic heterocycles. The van der Waals surface area contributed by atoms with Crippen molar-refractivity contribution in [2.45, 2.75) is 0 Å². The van der Waals surface area contributed by atoms with Gasteiger partial charge in [-0.3, -0.25) is 10.2 Å². The largest absolute Gasteiger partial charge is 0.497 e. The fourth-order valence-electron chi connectivity index (χ4n) is 3.57. The molecule has 192 valence electrons. The maximum atomic E-state index is 12.7. The van der Waals surface area contributed by atoms with Gasteiger partial charge in [0, 0.05) is 0 Å². The van der Waals surface area contributed by atoms with Gasteiger partial charge in [-0.15, -0.1) is 0 Å². The zero-order valence-electron chi connectivity index (χ0n) is 20.5. The number of methoxy groups -OCH3 is 1. The number of hydrogen-bond donors (Lipinski definition) is 1. The summed E-state index contributed by atoms with van der Waals surface area (Å²) in [5.74, 6) is 2.37. The van der Waals surface area contributed by atoms with Crippen LogP contribution in [0.5, 0.6) is 23.0 Å². The highest BCUT2D eigenvalue weighted by molar-refractivity contribution is 8.27. The molecule has 1 N–H and O–H groups in total. The van der Waals surface area contributed by atoms with E-state index in [0.717, 1.165) is 17.1 Å². The van der Waals surface area contributed by atoms with E-state index in [4.69, 9.17) is 24.4 Å². The van der Waals surface area contributed by atoms with Crippen molar-refractivity contribution >= 4 is 39.8 Å². The summed E-state index contributed by atoms with van der Waals surface area (Å²) in [6.07, 6.45) is 1.63. The van der Waals surface area contributed by atoms with Crippen molar-refractivity contribution in [1.29, 1.82) is 5.41 Å². The van der Waals surface area contributed by atoms with Crippen LogP contribution in [-0.2, 0) is 4.79 Å². The smallest absolute Gasteiger partial charge is 0.283 e. The SMILES string of the molecule is COc1ccc(OCCOc2ccc(/C=C3\C(=N)N4N=C(COc5ccccc5)SC4=NC3=O)cc2)cc1. The topological polar surface area (TPSA) is 106 Å². The van der Waals surface area contributed by atoms with Crippen molar-refractivity contribution in [3.05, 3.63) is 90.0 Å². The maximum Gasteiger partial charge on any atom is 0.283 e. The summed E-state index contributed by atoms with van der Waals surface area (Å²) in [5, 5.41) is 15.3. The minimum Gasteiger partial charge on any atom is -0.497 e. The number of benzene rings is 3. The number of rotatable bonds is 10. The Kier molecular flexibility index (Phi) is 7.70. The summed E-state index contributed by atoms with van der Waals surface area (Å²) >= 11 is 1.22. The number of para-hydroxylation sites is 1. The third kappa shape index (κ3) is 6.04. The van der Waals surface area contributed by atoms with Gasteiger partial charge in [0.1, 0.15) is 47.9 Å². The average Bonchev–Trinajstić information content (AvgIpc) is 3.37. The van der Waals surface area contributed by atoms with Gasteiger partial charge in [-0.2, -0.15) is 15.1 Å². The normalized spacial score (nSPS) is 15.6. The second-order valence-electron chi connectivity index (χ2n) is 8.06. The van der Waals surface area contributed by atoms with Gasteiger partial charge in [0.15, 0.2) is 5.84 Å². The zero-order chi connectivity index (χ0) is 26.3. The zero-order valence-corrected chi connectivity index (χ0v) is 21.3. The fraction of sp³-hybridized carbons (Fsp3) is 0.143. The molecule has 2 heterocycles.